The van der Waals surface area contributed by atoms with Gasteiger partial charge in [-0.25, -0.2) is 0 Å². The Morgan fingerprint density at radius 3 is 2.25 bits per heavy atom. The molecule has 2 aromatic carbocycles. The lowest BCUT2D eigenvalue weighted by molar-refractivity contribution is 0.102. The van der Waals surface area contributed by atoms with Crippen molar-refractivity contribution in [2.75, 3.05) is 38.5 Å². The number of amides is 1. The molecule has 0 aliphatic carbocycles. The minimum atomic E-state index is -0.0886. The normalized spacial score (nSPS) is 16.1. The molecule has 1 saturated heterocycles. The number of rotatable bonds is 4. The van der Waals surface area contributed by atoms with Crippen LogP contribution in [0, 0.1) is 0 Å². The summed E-state index contributed by atoms with van der Waals surface area (Å²) in [6, 6.07) is 15.5. The van der Waals surface area contributed by atoms with Crippen LogP contribution < -0.4 is 5.32 Å². The molecule has 0 unspecified atom stereocenters. The zero-order valence-electron chi connectivity index (χ0n) is 13.8. The molecular weight excluding hydrogens is 366 g/mol. The van der Waals surface area contributed by atoms with E-state index < -0.39 is 0 Å². The lowest BCUT2D eigenvalue weighted by atomic mass is 10.1. The van der Waals surface area contributed by atoms with Crippen LogP contribution in [-0.2, 0) is 6.54 Å². The van der Waals surface area contributed by atoms with Crippen LogP contribution in [0.2, 0.25) is 0 Å². The zero-order chi connectivity index (χ0) is 16.9. The second kappa shape index (κ2) is 7.92. The number of benzene rings is 2. The first-order chi connectivity index (χ1) is 11.6. The van der Waals surface area contributed by atoms with Crippen molar-refractivity contribution in [3.63, 3.8) is 0 Å². The van der Waals surface area contributed by atoms with Crippen molar-refractivity contribution in [3.8, 4) is 0 Å². The number of halogens is 1. The van der Waals surface area contributed by atoms with Gasteiger partial charge in [0.15, 0.2) is 0 Å². The van der Waals surface area contributed by atoms with E-state index in [1.165, 1.54) is 5.56 Å². The Balaban J connectivity index is 1.56. The minimum Gasteiger partial charge on any atom is -0.322 e. The van der Waals surface area contributed by atoms with Gasteiger partial charge in [0.05, 0.1) is 0 Å². The van der Waals surface area contributed by atoms with Crippen LogP contribution in [0.4, 0.5) is 5.69 Å². The largest absolute Gasteiger partial charge is 0.322 e. The molecule has 1 heterocycles. The summed E-state index contributed by atoms with van der Waals surface area (Å²) in [5.41, 5.74) is 2.76. The topological polar surface area (TPSA) is 35.6 Å². The van der Waals surface area contributed by atoms with Gasteiger partial charge in [-0.2, -0.15) is 0 Å². The number of likely N-dealkylation sites (N-methyl/N-ethyl adjacent to an activating group) is 1. The van der Waals surface area contributed by atoms with Crippen molar-refractivity contribution in [1.82, 2.24) is 9.80 Å². The molecule has 126 valence electrons. The highest BCUT2D eigenvalue weighted by Gasteiger charge is 2.13. The van der Waals surface area contributed by atoms with Crippen LogP contribution in [0.3, 0.4) is 0 Å². The van der Waals surface area contributed by atoms with Gasteiger partial charge in [0.1, 0.15) is 0 Å². The second-order valence-electron chi connectivity index (χ2n) is 6.24. The van der Waals surface area contributed by atoms with Gasteiger partial charge in [-0.15, -0.1) is 0 Å². The van der Waals surface area contributed by atoms with Crippen molar-refractivity contribution in [2.45, 2.75) is 6.54 Å². The summed E-state index contributed by atoms with van der Waals surface area (Å²) in [6.45, 7) is 5.44. The summed E-state index contributed by atoms with van der Waals surface area (Å²) in [5, 5.41) is 2.94. The van der Waals surface area contributed by atoms with Crippen LogP contribution in [0.25, 0.3) is 0 Å². The van der Waals surface area contributed by atoms with Crippen molar-refractivity contribution in [1.29, 1.82) is 0 Å². The highest BCUT2D eigenvalue weighted by Crippen LogP contribution is 2.15. The summed E-state index contributed by atoms with van der Waals surface area (Å²) in [6.07, 6.45) is 0. The maximum Gasteiger partial charge on any atom is 0.255 e. The maximum atomic E-state index is 12.2. The predicted octanol–water partition coefficient (Wildman–Crippen LogP) is 3.45. The molecule has 0 atom stereocenters. The highest BCUT2D eigenvalue weighted by molar-refractivity contribution is 9.10. The zero-order valence-corrected chi connectivity index (χ0v) is 15.4. The fourth-order valence-corrected chi connectivity index (χ4v) is 3.03. The molecule has 1 N–H and O–H groups in total. The minimum absolute atomic E-state index is 0.0886. The monoisotopic (exact) mass is 387 g/mol. The number of anilines is 1. The fraction of sp³-hybridized carbons (Fsp3) is 0.316. The molecule has 0 spiro atoms. The van der Waals surface area contributed by atoms with Crippen LogP contribution >= 0.6 is 15.9 Å². The molecule has 24 heavy (non-hydrogen) atoms. The number of hydrogen-bond acceptors (Lipinski definition) is 3. The predicted molar refractivity (Wildman–Crippen MR) is 101 cm³/mol. The fourth-order valence-electron chi connectivity index (χ4n) is 2.76. The van der Waals surface area contributed by atoms with E-state index in [9.17, 15) is 4.79 Å². The molecule has 0 saturated carbocycles. The quantitative estimate of drug-likeness (QED) is 0.872. The molecule has 1 aliphatic heterocycles. The van der Waals surface area contributed by atoms with Gasteiger partial charge >= 0.3 is 0 Å². The van der Waals surface area contributed by atoms with E-state index in [1.54, 1.807) is 12.1 Å². The Morgan fingerprint density at radius 1 is 1.00 bits per heavy atom. The molecule has 4 nitrogen and oxygen atoms in total. The average molecular weight is 388 g/mol. The Kier molecular flexibility index (Phi) is 5.66. The molecule has 2 aromatic rings. The molecule has 1 amide bonds. The lowest BCUT2D eigenvalue weighted by Gasteiger charge is -2.32. The second-order valence-corrected chi connectivity index (χ2v) is 7.15. The van der Waals surface area contributed by atoms with E-state index in [1.807, 2.05) is 24.3 Å². The molecule has 5 heteroatoms. The standard InChI is InChI=1S/C19H22BrN3O/c1-22-10-12-23(13-11-22)14-15-2-8-18(9-3-15)21-19(24)16-4-6-17(20)7-5-16/h2-9H,10-14H2,1H3,(H,21,24). The maximum absolute atomic E-state index is 12.2. The number of carbonyl (C=O) groups is 1. The lowest BCUT2D eigenvalue weighted by Crippen LogP contribution is -2.43. The summed E-state index contributed by atoms with van der Waals surface area (Å²) >= 11 is 3.37. The van der Waals surface area contributed by atoms with Gasteiger partial charge in [-0.05, 0) is 49.0 Å². The van der Waals surface area contributed by atoms with Gasteiger partial charge in [-0.1, -0.05) is 28.1 Å². The Hall–Kier alpha value is -1.69. The summed E-state index contributed by atoms with van der Waals surface area (Å²) in [5.74, 6) is -0.0886. The number of piperazine rings is 1. The van der Waals surface area contributed by atoms with E-state index >= 15 is 0 Å². The van der Waals surface area contributed by atoms with Crippen LogP contribution in [-0.4, -0.2) is 48.9 Å². The average Bonchev–Trinajstić information content (AvgIpc) is 2.59. The van der Waals surface area contributed by atoms with Crippen LogP contribution in [0.1, 0.15) is 15.9 Å². The number of hydrogen-bond donors (Lipinski definition) is 1. The first-order valence-electron chi connectivity index (χ1n) is 8.17. The third-order valence-corrected chi connectivity index (χ3v) is 4.85. The van der Waals surface area contributed by atoms with E-state index in [2.05, 4.69) is 50.2 Å². The molecule has 1 fully saturated rings. The Bertz CT molecular complexity index is 677. The highest BCUT2D eigenvalue weighted by atomic mass is 79.9. The van der Waals surface area contributed by atoms with Crippen LogP contribution in [0.15, 0.2) is 53.0 Å². The van der Waals surface area contributed by atoms with Gasteiger partial charge in [-0.3, -0.25) is 9.69 Å². The Labute approximate surface area is 151 Å². The molecule has 1 aliphatic rings. The summed E-state index contributed by atoms with van der Waals surface area (Å²) in [4.78, 5) is 17.0. The van der Waals surface area contributed by atoms with Crippen molar-refractivity contribution in [3.05, 3.63) is 64.1 Å². The van der Waals surface area contributed by atoms with Gasteiger partial charge in [0.25, 0.3) is 5.91 Å². The SMILES string of the molecule is CN1CCN(Cc2ccc(NC(=O)c3ccc(Br)cc3)cc2)CC1. The third kappa shape index (κ3) is 4.66. The van der Waals surface area contributed by atoms with Crippen molar-refractivity contribution in [2.24, 2.45) is 0 Å². The number of nitrogens with one attached hydrogen (secondary N) is 1. The summed E-state index contributed by atoms with van der Waals surface area (Å²) in [7, 11) is 2.17. The van der Waals surface area contributed by atoms with Crippen molar-refractivity contribution >= 4 is 27.5 Å². The smallest absolute Gasteiger partial charge is 0.255 e. The molecular formula is C19H22BrN3O. The first-order valence-corrected chi connectivity index (χ1v) is 8.96. The van der Waals surface area contributed by atoms with E-state index in [0.717, 1.165) is 42.9 Å². The van der Waals surface area contributed by atoms with Gasteiger partial charge < -0.3 is 10.2 Å². The molecule has 0 bridgehead atoms. The molecule has 0 aromatic heterocycles. The molecule has 3 rings (SSSR count). The third-order valence-electron chi connectivity index (χ3n) is 4.32. The van der Waals surface area contributed by atoms with E-state index in [4.69, 9.17) is 0 Å². The van der Waals surface area contributed by atoms with E-state index in [0.29, 0.717) is 5.56 Å². The van der Waals surface area contributed by atoms with Crippen molar-refractivity contribution < 1.29 is 4.79 Å². The van der Waals surface area contributed by atoms with Gasteiger partial charge in [0.2, 0.25) is 0 Å². The molecule has 0 radical (unpaired) electrons. The van der Waals surface area contributed by atoms with Crippen LogP contribution in [0.5, 0.6) is 0 Å². The first kappa shape index (κ1) is 17.1. The van der Waals surface area contributed by atoms with Gasteiger partial charge in [0, 0.05) is 48.4 Å². The number of nitrogens with zero attached hydrogens (tertiary/aromatic N) is 2. The number of carbonyl (C=O) groups excluding carboxylic acids is 1. The van der Waals surface area contributed by atoms with E-state index in [-0.39, 0.29) is 5.91 Å². The summed E-state index contributed by atoms with van der Waals surface area (Å²) < 4.78 is 0.965. The Morgan fingerprint density at radius 2 is 1.62 bits per heavy atom.